The molecule has 0 aromatic heterocycles. The van der Waals surface area contributed by atoms with Crippen LogP contribution in [-0.2, 0) is 4.74 Å². The number of ether oxygens (including phenoxy) is 1. The van der Waals surface area contributed by atoms with Crippen molar-refractivity contribution in [3.05, 3.63) is 34.7 Å². The Morgan fingerprint density at radius 3 is 1.92 bits per heavy atom. The highest BCUT2D eigenvalue weighted by atomic mass is 16.5. The molecule has 0 radical (unpaired) electrons. The molecule has 2 aliphatic heterocycles. The monoisotopic (exact) mass is 546 g/mol. The number of rotatable bonds is 7. The first kappa shape index (κ1) is 31.8. The van der Waals surface area contributed by atoms with Crippen LogP contribution in [0, 0.1) is 22.7 Å². The van der Waals surface area contributed by atoms with Crippen LogP contribution in [0.25, 0.3) is 0 Å². The largest absolute Gasteiger partial charge is 0.508 e. The highest BCUT2D eigenvalue weighted by molar-refractivity contribution is 5.27. The number of nitrogens with one attached hydrogen (secondary N) is 1. The molecule has 5 rings (SSSR count). The molecule has 2 saturated heterocycles. The van der Waals surface area contributed by atoms with E-state index in [0.717, 1.165) is 29.4 Å². The number of nitrogens with two attached hydrogens (primary N) is 1. The minimum atomic E-state index is -0.629. The third-order valence-electron chi connectivity index (χ3n) is 9.08. The van der Waals surface area contributed by atoms with Gasteiger partial charge < -0.3 is 26.0 Å². The molecule has 0 spiro atoms. The molecule has 4 aliphatic rings. The molecule has 0 amide bonds. The minimum absolute atomic E-state index is 0.193. The second-order valence-corrected chi connectivity index (χ2v) is 11.8. The lowest BCUT2D eigenvalue weighted by Gasteiger charge is -2.40. The van der Waals surface area contributed by atoms with Crippen LogP contribution in [0.15, 0.2) is 29.6 Å². The Morgan fingerprint density at radius 2 is 1.46 bits per heavy atom. The van der Waals surface area contributed by atoms with Gasteiger partial charge in [-0.15, -0.1) is 4.91 Å². The van der Waals surface area contributed by atoms with Crippen molar-refractivity contribution in [1.29, 1.82) is 0 Å². The molecule has 8 nitrogen and oxygen atoms in total. The van der Waals surface area contributed by atoms with Crippen LogP contribution in [0.1, 0.15) is 102 Å². The molecule has 0 bridgehead atoms. The number of hydrogen-bond acceptors (Lipinski definition) is 7. The topological polar surface area (TPSA) is 120 Å². The molecule has 5 N–H and O–H groups in total. The number of phenols is 1. The maximum Gasteiger partial charge on any atom is 0.115 e. The summed E-state index contributed by atoms with van der Waals surface area (Å²) in [5.74, 6) is 3.41. The summed E-state index contributed by atoms with van der Waals surface area (Å²) in [4.78, 5) is 9.78. The van der Waals surface area contributed by atoms with Crippen molar-refractivity contribution in [2.24, 2.45) is 28.8 Å². The van der Waals surface area contributed by atoms with Crippen molar-refractivity contribution in [1.82, 2.24) is 10.3 Å². The lowest BCUT2D eigenvalue weighted by molar-refractivity contribution is 0.0383. The molecular weight excluding hydrogens is 492 g/mol. The molecule has 2 saturated carbocycles. The number of benzene rings is 1. The van der Waals surface area contributed by atoms with Gasteiger partial charge in [0.25, 0.3) is 0 Å². The van der Waals surface area contributed by atoms with Crippen molar-refractivity contribution in [3.63, 3.8) is 0 Å². The standard InChI is InChI=1S/C19H35N.C8H11NO2.C4H8N2O2/c1-3-9-16(10-4-1)19(17-11-5-2-6-12-17)15-18-13-7-8-14-20-18;9-5-8(11)6-1-3-7(10)4-2-6;7-5-6-1-3-8-4-2-6/h16-20H,1-15H2;1-4,8,10-11H,5,9H2;1-4H2. The molecule has 2 heterocycles. The molecule has 1 aromatic carbocycles. The zero-order chi connectivity index (χ0) is 27.7. The summed E-state index contributed by atoms with van der Waals surface area (Å²) in [5, 5.41) is 26.2. The molecule has 222 valence electrons. The van der Waals surface area contributed by atoms with Crippen molar-refractivity contribution in [2.75, 3.05) is 39.4 Å². The first-order chi connectivity index (χ1) is 19.1. The highest BCUT2D eigenvalue weighted by Crippen LogP contribution is 2.42. The summed E-state index contributed by atoms with van der Waals surface area (Å²) in [5.41, 5.74) is 5.96. The summed E-state index contributed by atoms with van der Waals surface area (Å²) in [6.07, 6.45) is 20.5. The van der Waals surface area contributed by atoms with Gasteiger partial charge in [-0.2, -0.15) is 0 Å². The van der Waals surface area contributed by atoms with Gasteiger partial charge in [-0.1, -0.05) is 82.8 Å². The number of aromatic hydroxyl groups is 1. The maximum absolute atomic E-state index is 9.78. The Bertz CT molecular complexity index is 738. The summed E-state index contributed by atoms with van der Waals surface area (Å²) in [7, 11) is 0. The molecule has 2 unspecified atom stereocenters. The van der Waals surface area contributed by atoms with E-state index < -0.39 is 6.10 Å². The van der Waals surface area contributed by atoms with Crippen LogP contribution in [0.4, 0.5) is 0 Å². The van der Waals surface area contributed by atoms with E-state index in [1.807, 2.05) is 0 Å². The van der Waals surface area contributed by atoms with Gasteiger partial charge in [-0.3, -0.25) is 5.01 Å². The number of aliphatic hydroxyl groups is 1. The lowest BCUT2D eigenvalue weighted by Crippen LogP contribution is -2.39. The Labute approximate surface area is 236 Å². The second-order valence-electron chi connectivity index (χ2n) is 11.8. The molecular formula is C31H54N4O4. The van der Waals surface area contributed by atoms with E-state index in [4.69, 9.17) is 15.6 Å². The number of nitroso groups, excluding NO2 is 1. The molecule has 8 heteroatoms. The van der Waals surface area contributed by atoms with Gasteiger partial charge in [0.2, 0.25) is 0 Å². The van der Waals surface area contributed by atoms with E-state index in [1.165, 1.54) is 87.9 Å². The van der Waals surface area contributed by atoms with Gasteiger partial charge >= 0.3 is 0 Å². The van der Waals surface area contributed by atoms with Gasteiger partial charge in [-0.05, 0) is 61.3 Å². The zero-order valence-corrected chi connectivity index (χ0v) is 24.0. The first-order valence-corrected chi connectivity index (χ1v) is 15.7. The quantitative estimate of drug-likeness (QED) is 0.325. The summed E-state index contributed by atoms with van der Waals surface area (Å²) in [6, 6.07) is 7.19. The fourth-order valence-electron chi connectivity index (χ4n) is 6.82. The van der Waals surface area contributed by atoms with Gasteiger partial charge in [-0.25, -0.2) is 0 Å². The SMILES string of the molecule is C1CCC(C(CC2CCCCN2)C2CCCCC2)CC1.NCC(O)c1ccc(O)cc1.O=NN1CCOCC1. The van der Waals surface area contributed by atoms with E-state index in [1.54, 1.807) is 37.8 Å². The average molecular weight is 547 g/mol. The average Bonchev–Trinajstić information content (AvgIpc) is 3.02. The molecule has 2 aliphatic carbocycles. The van der Waals surface area contributed by atoms with E-state index in [0.29, 0.717) is 26.3 Å². The second kappa shape index (κ2) is 18.6. The van der Waals surface area contributed by atoms with Crippen LogP contribution in [0.5, 0.6) is 5.75 Å². The highest BCUT2D eigenvalue weighted by Gasteiger charge is 2.33. The Hall–Kier alpha value is -1.74. The van der Waals surface area contributed by atoms with Crippen molar-refractivity contribution in [3.8, 4) is 5.75 Å². The van der Waals surface area contributed by atoms with Gasteiger partial charge in [0, 0.05) is 12.6 Å². The van der Waals surface area contributed by atoms with Gasteiger partial charge in [0.05, 0.1) is 37.7 Å². The van der Waals surface area contributed by atoms with E-state index in [2.05, 4.69) is 10.6 Å². The van der Waals surface area contributed by atoms with E-state index >= 15 is 0 Å². The number of phenolic OH excluding ortho intramolecular Hbond substituents is 1. The predicted molar refractivity (Wildman–Crippen MR) is 157 cm³/mol. The number of piperidine rings is 1. The Kier molecular flexibility index (Phi) is 15.1. The fourth-order valence-corrected chi connectivity index (χ4v) is 6.82. The number of nitrogens with zero attached hydrogens (tertiary/aromatic N) is 2. The Balaban J connectivity index is 0.000000185. The normalized spacial score (nSPS) is 23.7. The number of hydrogen-bond donors (Lipinski definition) is 4. The van der Waals surface area contributed by atoms with Crippen LogP contribution >= 0.6 is 0 Å². The van der Waals surface area contributed by atoms with Crippen molar-refractivity contribution >= 4 is 0 Å². The van der Waals surface area contributed by atoms with Crippen LogP contribution < -0.4 is 11.1 Å². The number of aliphatic hydroxyl groups excluding tert-OH is 1. The maximum atomic E-state index is 9.78. The smallest absolute Gasteiger partial charge is 0.115 e. The molecule has 4 fully saturated rings. The third kappa shape index (κ3) is 11.7. The van der Waals surface area contributed by atoms with E-state index in [-0.39, 0.29) is 12.3 Å². The predicted octanol–water partition coefficient (Wildman–Crippen LogP) is 5.68. The molecule has 1 aromatic rings. The summed E-state index contributed by atoms with van der Waals surface area (Å²) in [6.45, 7) is 4.03. The first-order valence-electron chi connectivity index (χ1n) is 15.7. The summed E-state index contributed by atoms with van der Waals surface area (Å²) < 4.78 is 4.96. The van der Waals surface area contributed by atoms with Gasteiger partial charge in [0.15, 0.2) is 0 Å². The zero-order valence-electron chi connectivity index (χ0n) is 24.0. The number of morpholine rings is 1. The van der Waals surface area contributed by atoms with Crippen LogP contribution in [-0.4, -0.2) is 60.7 Å². The Morgan fingerprint density at radius 1 is 0.897 bits per heavy atom. The lowest BCUT2D eigenvalue weighted by atomic mass is 9.67. The van der Waals surface area contributed by atoms with Crippen LogP contribution in [0.2, 0.25) is 0 Å². The van der Waals surface area contributed by atoms with Crippen molar-refractivity contribution < 1.29 is 14.9 Å². The fraction of sp³-hybridized carbons (Fsp3) is 0.806. The third-order valence-corrected chi connectivity index (χ3v) is 9.08. The van der Waals surface area contributed by atoms with Crippen LogP contribution in [0.3, 0.4) is 0 Å². The van der Waals surface area contributed by atoms with E-state index in [9.17, 15) is 10.0 Å². The van der Waals surface area contributed by atoms with Crippen molar-refractivity contribution in [2.45, 2.75) is 102 Å². The molecule has 2 atom stereocenters. The summed E-state index contributed by atoms with van der Waals surface area (Å²) >= 11 is 0. The minimum Gasteiger partial charge on any atom is -0.508 e. The van der Waals surface area contributed by atoms with Gasteiger partial charge in [0.1, 0.15) is 5.75 Å². The molecule has 39 heavy (non-hydrogen) atoms.